The number of nitrogens with one attached hydrogen (secondary N) is 2. The van der Waals surface area contributed by atoms with Gasteiger partial charge in [0.05, 0.1) is 4.90 Å². The lowest BCUT2D eigenvalue weighted by atomic mass is 10.2. The van der Waals surface area contributed by atoms with Crippen LogP contribution in [0.4, 0.5) is 0 Å². The fraction of sp³-hybridized carbons (Fsp3) is 0.208. The van der Waals surface area contributed by atoms with Crippen LogP contribution in [-0.2, 0) is 23.2 Å². The lowest BCUT2D eigenvalue weighted by Gasteiger charge is -2.10. The summed E-state index contributed by atoms with van der Waals surface area (Å²) in [5.41, 5.74) is 2.40. The second kappa shape index (κ2) is 9.32. The fourth-order valence-electron chi connectivity index (χ4n) is 3.04. The molecule has 1 fully saturated rings. The van der Waals surface area contributed by atoms with Crippen molar-refractivity contribution in [2.75, 3.05) is 0 Å². The molecule has 6 nitrogen and oxygen atoms in total. The van der Waals surface area contributed by atoms with Crippen LogP contribution in [0.5, 0.6) is 5.75 Å². The highest BCUT2D eigenvalue weighted by Gasteiger charge is 2.27. The van der Waals surface area contributed by atoms with Crippen LogP contribution in [0.15, 0.2) is 83.8 Å². The second-order valence-electron chi connectivity index (χ2n) is 7.52. The van der Waals surface area contributed by atoms with Gasteiger partial charge in [-0.2, -0.15) is 0 Å². The number of carbonyl (C=O) groups is 1. The Bertz CT molecular complexity index is 1140. The third kappa shape index (κ3) is 5.93. The van der Waals surface area contributed by atoms with Crippen LogP contribution in [0.1, 0.15) is 34.3 Å². The van der Waals surface area contributed by atoms with E-state index in [-0.39, 0.29) is 16.8 Å². The molecule has 1 aliphatic rings. The molecule has 3 aromatic carbocycles. The van der Waals surface area contributed by atoms with Gasteiger partial charge in [-0.05, 0) is 60.4 Å². The molecule has 3 aromatic rings. The van der Waals surface area contributed by atoms with Gasteiger partial charge in [-0.3, -0.25) is 4.79 Å². The summed E-state index contributed by atoms with van der Waals surface area (Å²) in [4.78, 5) is 12.6. The Labute approximate surface area is 182 Å². The van der Waals surface area contributed by atoms with Gasteiger partial charge in [-0.15, -0.1) is 0 Å². The topological polar surface area (TPSA) is 84.5 Å². The molecule has 7 heteroatoms. The number of ether oxygens (including phenoxy) is 1. The van der Waals surface area contributed by atoms with E-state index in [1.807, 2.05) is 54.6 Å². The number of hydrogen-bond acceptors (Lipinski definition) is 4. The number of rotatable bonds is 9. The van der Waals surface area contributed by atoms with Crippen molar-refractivity contribution in [2.45, 2.75) is 36.9 Å². The van der Waals surface area contributed by atoms with Gasteiger partial charge in [0, 0.05) is 18.2 Å². The van der Waals surface area contributed by atoms with E-state index in [2.05, 4.69) is 10.0 Å². The maximum Gasteiger partial charge on any atom is 0.251 e. The van der Waals surface area contributed by atoms with Crippen molar-refractivity contribution in [3.63, 3.8) is 0 Å². The molecule has 160 valence electrons. The van der Waals surface area contributed by atoms with Gasteiger partial charge >= 0.3 is 0 Å². The molecule has 31 heavy (non-hydrogen) atoms. The van der Waals surface area contributed by atoms with Crippen molar-refractivity contribution < 1.29 is 17.9 Å². The largest absolute Gasteiger partial charge is 0.489 e. The van der Waals surface area contributed by atoms with Crippen LogP contribution in [0, 0.1) is 0 Å². The van der Waals surface area contributed by atoms with E-state index in [9.17, 15) is 13.2 Å². The van der Waals surface area contributed by atoms with Crippen LogP contribution in [0.3, 0.4) is 0 Å². The lowest BCUT2D eigenvalue weighted by Crippen LogP contribution is -2.26. The van der Waals surface area contributed by atoms with Crippen LogP contribution >= 0.6 is 0 Å². The number of amides is 1. The van der Waals surface area contributed by atoms with E-state index in [1.54, 1.807) is 0 Å². The molecule has 1 aliphatic carbocycles. The summed E-state index contributed by atoms with van der Waals surface area (Å²) >= 11 is 0. The Morgan fingerprint density at radius 1 is 0.903 bits per heavy atom. The Morgan fingerprint density at radius 3 is 2.32 bits per heavy atom. The van der Waals surface area contributed by atoms with Crippen molar-refractivity contribution in [1.29, 1.82) is 0 Å². The quantitative estimate of drug-likeness (QED) is 0.536. The van der Waals surface area contributed by atoms with Gasteiger partial charge in [0.2, 0.25) is 10.0 Å². The molecule has 2 N–H and O–H groups in total. The molecular formula is C24H24N2O4S. The number of sulfonamides is 1. The fourth-order valence-corrected chi connectivity index (χ4v) is 4.35. The van der Waals surface area contributed by atoms with Gasteiger partial charge in [-0.1, -0.05) is 42.5 Å². The first-order valence-corrected chi connectivity index (χ1v) is 11.6. The average Bonchev–Trinajstić information content (AvgIpc) is 3.60. The maximum absolute atomic E-state index is 12.5. The van der Waals surface area contributed by atoms with Gasteiger partial charge in [0.1, 0.15) is 12.4 Å². The highest BCUT2D eigenvalue weighted by atomic mass is 32.2. The van der Waals surface area contributed by atoms with Crippen molar-refractivity contribution in [2.24, 2.45) is 0 Å². The van der Waals surface area contributed by atoms with Crippen molar-refractivity contribution in [1.82, 2.24) is 10.0 Å². The first kappa shape index (κ1) is 21.1. The molecular weight excluding hydrogens is 412 g/mol. The number of hydrogen-bond donors (Lipinski definition) is 2. The molecule has 0 aliphatic heterocycles. The molecule has 0 spiro atoms. The summed E-state index contributed by atoms with van der Waals surface area (Å²) in [6.07, 6.45) is 1.75. The molecule has 0 unspecified atom stereocenters. The zero-order valence-electron chi connectivity index (χ0n) is 17.0. The zero-order valence-corrected chi connectivity index (χ0v) is 17.8. The normalized spacial score (nSPS) is 13.5. The molecule has 0 aromatic heterocycles. The molecule has 0 heterocycles. The van der Waals surface area contributed by atoms with Crippen LogP contribution in [0.2, 0.25) is 0 Å². The van der Waals surface area contributed by atoms with Crippen molar-refractivity contribution >= 4 is 15.9 Å². The zero-order chi connectivity index (χ0) is 21.7. The summed E-state index contributed by atoms with van der Waals surface area (Å²) in [7, 11) is -3.52. The van der Waals surface area contributed by atoms with Crippen LogP contribution in [-0.4, -0.2) is 20.4 Å². The lowest BCUT2D eigenvalue weighted by molar-refractivity contribution is 0.0950. The van der Waals surface area contributed by atoms with Gasteiger partial charge < -0.3 is 10.1 Å². The standard InChI is InChI=1S/C24H24N2O4S/c27-24(20-9-13-23(14-10-20)31(28,29)26-21-11-12-21)25-16-19-7-4-8-22(15-19)30-17-18-5-2-1-3-6-18/h1-10,13-15,21,26H,11-12,16-17H2,(H,25,27). The Morgan fingerprint density at radius 2 is 1.61 bits per heavy atom. The Balaban J connectivity index is 1.32. The molecule has 0 radical (unpaired) electrons. The number of carbonyl (C=O) groups excluding carboxylic acids is 1. The van der Waals surface area contributed by atoms with Crippen molar-refractivity contribution in [3.8, 4) is 5.75 Å². The smallest absolute Gasteiger partial charge is 0.251 e. The predicted molar refractivity (Wildman–Crippen MR) is 118 cm³/mol. The minimum absolute atomic E-state index is 0.0420. The minimum Gasteiger partial charge on any atom is -0.489 e. The highest BCUT2D eigenvalue weighted by Crippen LogP contribution is 2.22. The molecule has 0 atom stereocenters. The molecule has 0 saturated heterocycles. The van der Waals surface area contributed by atoms with E-state index < -0.39 is 10.0 Å². The van der Waals surface area contributed by atoms with E-state index >= 15 is 0 Å². The third-order valence-corrected chi connectivity index (χ3v) is 6.46. The molecule has 1 amide bonds. The van der Waals surface area contributed by atoms with Crippen LogP contribution < -0.4 is 14.8 Å². The van der Waals surface area contributed by atoms with Crippen molar-refractivity contribution in [3.05, 3.63) is 95.6 Å². The first-order chi connectivity index (χ1) is 15.0. The Kier molecular flexibility index (Phi) is 6.34. The van der Waals surface area contributed by atoms with Gasteiger partial charge in [0.25, 0.3) is 5.91 Å². The molecule has 4 rings (SSSR count). The van der Waals surface area contributed by atoms with Gasteiger partial charge in [0.15, 0.2) is 0 Å². The SMILES string of the molecule is O=C(NCc1cccc(OCc2ccccc2)c1)c1ccc(S(=O)(=O)NC2CC2)cc1. The summed E-state index contributed by atoms with van der Waals surface area (Å²) in [5, 5.41) is 2.86. The van der Waals surface area contributed by atoms with E-state index in [0.29, 0.717) is 18.7 Å². The third-order valence-electron chi connectivity index (χ3n) is 4.93. The van der Waals surface area contributed by atoms with E-state index in [1.165, 1.54) is 24.3 Å². The Hall–Kier alpha value is -3.16. The first-order valence-electron chi connectivity index (χ1n) is 10.2. The monoisotopic (exact) mass is 436 g/mol. The summed E-state index contributed by atoms with van der Waals surface area (Å²) in [5.74, 6) is 0.461. The molecule has 1 saturated carbocycles. The summed E-state index contributed by atoms with van der Waals surface area (Å²) < 4.78 is 32.9. The second-order valence-corrected chi connectivity index (χ2v) is 9.24. The predicted octanol–water partition coefficient (Wildman–Crippen LogP) is 3.64. The van der Waals surface area contributed by atoms with Gasteiger partial charge in [-0.25, -0.2) is 13.1 Å². The van der Waals surface area contributed by atoms with E-state index in [4.69, 9.17) is 4.74 Å². The highest BCUT2D eigenvalue weighted by molar-refractivity contribution is 7.89. The van der Waals surface area contributed by atoms with Crippen LogP contribution in [0.25, 0.3) is 0 Å². The minimum atomic E-state index is -3.52. The summed E-state index contributed by atoms with van der Waals surface area (Å²) in [6, 6.07) is 23.5. The van der Waals surface area contributed by atoms with E-state index in [0.717, 1.165) is 29.7 Å². The average molecular weight is 437 g/mol. The summed E-state index contributed by atoms with van der Waals surface area (Å²) in [6.45, 7) is 0.812. The number of benzene rings is 3. The maximum atomic E-state index is 12.5. The molecule has 0 bridgehead atoms.